The van der Waals surface area contributed by atoms with E-state index in [2.05, 4.69) is 40.5 Å². The second-order valence-electron chi connectivity index (χ2n) is 8.66. The van der Waals surface area contributed by atoms with Crippen LogP contribution in [-0.2, 0) is 11.3 Å². The van der Waals surface area contributed by atoms with Crippen LogP contribution in [0, 0.1) is 17.8 Å². The number of fused-ring (bicyclic) bond motifs is 2. The van der Waals surface area contributed by atoms with Crippen LogP contribution in [0.2, 0.25) is 0 Å². The normalized spacial score (nSPS) is 24.9. The topological polar surface area (TPSA) is 52.6 Å². The summed E-state index contributed by atoms with van der Waals surface area (Å²) in [5.41, 5.74) is 2.37. The highest BCUT2D eigenvalue weighted by Crippen LogP contribution is 2.42. The molecule has 1 saturated carbocycles. The summed E-state index contributed by atoms with van der Waals surface area (Å²) in [6.07, 6.45) is 3.02. The number of hydrogen-bond acceptors (Lipinski definition) is 3. The quantitative estimate of drug-likeness (QED) is 0.724. The van der Waals surface area contributed by atoms with Crippen molar-refractivity contribution in [3.05, 3.63) is 71.8 Å². The number of rotatable bonds is 8. The number of carbonyl (C=O) groups excluding carboxylic acids is 1. The lowest BCUT2D eigenvalue weighted by Gasteiger charge is -2.38. The molecule has 1 aliphatic carbocycles. The molecule has 3 atom stereocenters. The molecule has 2 aliphatic rings. The van der Waals surface area contributed by atoms with Crippen molar-refractivity contribution in [3.8, 4) is 0 Å². The van der Waals surface area contributed by atoms with Crippen molar-refractivity contribution >= 4 is 5.91 Å². The first-order valence-corrected chi connectivity index (χ1v) is 10.9. The summed E-state index contributed by atoms with van der Waals surface area (Å²) in [5, 5.41) is 12.7. The number of benzene rings is 2. The fraction of sp³-hybridized carbons (Fsp3) is 0.480. The molecule has 154 valence electrons. The van der Waals surface area contributed by atoms with Gasteiger partial charge in [0.2, 0.25) is 5.91 Å². The Labute approximate surface area is 173 Å². The van der Waals surface area contributed by atoms with E-state index in [4.69, 9.17) is 0 Å². The Morgan fingerprint density at radius 2 is 1.62 bits per heavy atom. The maximum atomic E-state index is 12.9. The van der Waals surface area contributed by atoms with E-state index >= 15 is 0 Å². The average molecular weight is 393 g/mol. The fourth-order valence-electron chi connectivity index (χ4n) is 5.34. The molecular formula is C25H32N2O2. The monoisotopic (exact) mass is 392 g/mol. The number of nitrogens with zero attached hydrogens (tertiary/aromatic N) is 1. The highest BCUT2D eigenvalue weighted by atomic mass is 16.3. The van der Waals surface area contributed by atoms with E-state index in [1.165, 1.54) is 18.4 Å². The van der Waals surface area contributed by atoms with Gasteiger partial charge in [0.15, 0.2) is 0 Å². The van der Waals surface area contributed by atoms with Gasteiger partial charge < -0.3 is 10.4 Å². The fourth-order valence-corrected chi connectivity index (χ4v) is 5.34. The van der Waals surface area contributed by atoms with Crippen molar-refractivity contribution in [3.63, 3.8) is 0 Å². The van der Waals surface area contributed by atoms with Gasteiger partial charge in [-0.05, 0) is 48.1 Å². The van der Waals surface area contributed by atoms with Crippen molar-refractivity contribution in [1.29, 1.82) is 0 Å². The lowest BCUT2D eigenvalue weighted by molar-refractivity contribution is -0.123. The molecule has 2 N–H and O–H groups in total. The van der Waals surface area contributed by atoms with Gasteiger partial charge in [0.25, 0.3) is 0 Å². The minimum Gasteiger partial charge on any atom is -0.396 e. The lowest BCUT2D eigenvalue weighted by Crippen LogP contribution is -2.46. The smallest absolute Gasteiger partial charge is 0.227 e. The summed E-state index contributed by atoms with van der Waals surface area (Å²) in [5.74, 6) is 1.71. The third-order valence-electron chi connectivity index (χ3n) is 6.80. The van der Waals surface area contributed by atoms with E-state index in [9.17, 15) is 9.90 Å². The molecule has 0 radical (unpaired) electrons. The Balaban J connectivity index is 1.33. The van der Waals surface area contributed by atoms with Crippen LogP contribution in [-0.4, -0.2) is 42.2 Å². The molecule has 4 nitrogen and oxygen atoms in total. The van der Waals surface area contributed by atoms with Crippen LogP contribution in [0.25, 0.3) is 0 Å². The predicted molar refractivity (Wildman–Crippen MR) is 115 cm³/mol. The zero-order valence-electron chi connectivity index (χ0n) is 17.0. The SMILES string of the molecule is O=C(NCC1C2CCC1CN(Cc1ccccc1)C2)[C@@H](CCO)c1ccccc1. The Morgan fingerprint density at radius 1 is 1.00 bits per heavy atom. The largest absolute Gasteiger partial charge is 0.396 e. The second kappa shape index (κ2) is 9.55. The zero-order chi connectivity index (χ0) is 20.1. The molecule has 29 heavy (non-hydrogen) atoms. The van der Waals surface area contributed by atoms with Crippen molar-refractivity contribution in [2.45, 2.75) is 31.7 Å². The number of piperidine rings is 1. The molecule has 2 aromatic rings. The number of carbonyl (C=O) groups is 1. The molecule has 4 heteroatoms. The summed E-state index contributed by atoms with van der Waals surface area (Å²) < 4.78 is 0. The van der Waals surface area contributed by atoms with Crippen molar-refractivity contribution in [2.24, 2.45) is 17.8 Å². The summed E-state index contributed by atoms with van der Waals surface area (Å²) in [6.45, 7) is 4.08. The second-order valence-corrected chi connectivity index (χ2v) is 8.66. The van der Waals surface area contributed by atoms with E-state index in [0.29, 0.717) is 24.2 Å². The number of aliphatic hydroxyl groups is 1. The molecule has 1 heterocycles. The molecular weight excluding hydrogens is 360 g/mol. The average Bonchev–Trinajstić information content (AvgIpc) is 2.99. The maximum absolute atomic E-state index is 12.9. The van der Waals surface area contributed by atoms with Gasteiger partial charge in [0.05, 0.1) is 5.92 Å². The van der Waals surface area contributed by atoms with Gasteiger partial charge in [-0.25, -0.2) is 0 Å². The number of aliphatic hydroxyl groups excluding tert-OH is 1. The molecule has 1 amide bonds. The number of likely N-dealkylation sites (tertiary alicyclic amines) is 1. The minimum absolute atomic E-state index is 0.0239. The highest BCUT2D eigenvalue weighted by Gasteiger charge is 2.41. The summed E-state index contributed by atoms with van der Waals surface area (Å²) in [4.78, 5) is 15.5. The van der Waals surface area contributed by atoms with Crippen molar-refractivity contribution < 1.29 is 9.90 Å². The Morgan fingerprint density at radius 3 is 2.24 bits per heavy atom. The standard InChI is InChI=1S/C25H32N2O2/c28-14-13-23(20-9-5-2-6-10-20)25(29)26-15-24-21-11-12-22(24)18-27(17-21)16-19-7-3-1-4-8-19/h1-10,21-24,28H,11-18H2,(H,26,29)/t21?,22?,23-,24?/m0/s1. The summed E-state index contributed by atoms with van der Waals surface area (Å²) in [6, 6.07) is 20.5. The van der Waals surface area contributed by atoms with Gasteiger partial charge >= 0.3 is 0 Å². The van der Waals surface area contributed by atoms with Gasteiger partial charge in [-0.3, -0.25) is 9.69 Å². The van der Waals surface area contributed by atoms with E-state index in [-0.39, 0.29) is 18.4 Å². The van der Waals surface area contributed by atoms with Gasteiger partial charge in [-0.15, -0.1) is 0 Å². The number of nitrogens with one attached hydrogen (secondary N) is 1. The molecule has 2 unspecified atom stereocenters. The van der Waals surface area contributed by atoms with E-state index in [0.717, 1.165) is 31.7 Å². The van der Waals surface area contributed by atoms with E-state index < -0.39 is 0 Å². The van der Waals surface area contributed by atoms with Crippen LogP contribution in [0.4, 0.5) is 0 Å². The van der Waals surface area contributed by atoms with E-state index in [1.54, 1.807) is 0 Å². The molecule has 0 aromatic heterocycles. The van der Waals surface area contributed by atoms with Gasteiger partial charge in [-0.1, -0.05) is 60.7 Å². The van der Waals surface area contributed by atoms with Crippen molar-refractivity contribution in [2.75, 3.05) is 26.2 Å². The Bertz CT molecular complexity index is 766. The molecule has 2 bridgehead atoms. The molecule has 4 rings (SSSR count). The maximum Gasteiger partial charge on any atom is 0.227 e. The van der Waals surface area contributed by atoms with E-state index in [1.807, 2.05) is 30.3 Å². The minimum atomic E-state index is -0.267. The molecule has 1 aliphatic heterocycles. The Hall–Kier alpha value is -2.17. The molecule has 0 spiro atoms. The number of hydrogen-bond donors (Lipinski definition) is 2. The van der Waals surface area contributed by atoms with Crippen LogP contribution in [0.15, 0.2) is 60.7 Å². The zero-order valence-corrected chi connectivity index (χ0v) is 17.0. The molecule has 2 aromatic carbocycles. The third kappa shape index (κ3) is 4.88. The van der Waals surface area contributed by atoms with Gasteiger partial charge in [0, 0.05) is 32.8 Å². The predicted octanol–water partition coefficient (Wildman–Crippen LogP) is 3.43. The first-order valence-electron chi connectivity index (χ1n) is 10.9. The number of amides is 1. The van der Waals surface area contributed by atoms with Crippen LogP contribution in [0.3, 0.4) is 0 Å². The highest BCUT2D eigenvalue weighted by molar-refractivity contribution is 5.83. The van der Waals surface area contributed by atoms with Crippen LogP contribution >= 0.6 is 0 Å². The molecule has 2 fully saturated rings. The molecule has 1 saturated heterocycles. The van der Waals surface area contributed by atoms with Crippen molar-refractivity contribution in [1.82, 2.24) is 10.2 Å². The summed E-state index contributed by atoms with van der Waals surface area (Å²) in [7, 11) is 0. The van der Waals surface area contributed by atoms with Crippen LogP contribution in [0.1, 0.15) is 36.3 Å². The van der Waals surface area contributed by atoms with Gasteiger partial charge in [-0.2, -0.15) is 0 Å². The first kappa shape index (κ1) is 20.1. The Kier molecular flexibility index (Phi) is 6.63. The van der Waals surface area contributed by atoms with Gasteiger partial charge in [0.1, 0.15) is 0 Å². The van der Waals surface area contributed by atoms with Crippen LogP contribution in [0.5, 0.6) is 0 Å². The third-order valence-corrected chi connectivity index (χ3v) is 6.80. The summed E-state index contributed by atoms with van der Waals surface area (Å²) >= 11 is 0. The first-order chi connectivity index (χ1) is 14.2. The van der Waals surface area contributed by atoms with Crippen LogP contribution < -0.4 is 5.32 Å². The lowest BCUT2D eigenvalue weighted by atomic mass is 9.84.